The lowest BCUT2D eigenvalue weighted by Crippen LogP contribution is -2.34. The number of carbonyl (C=O) groups excluding carboxylic acids is 1. The number of nitrogens with two attached hydrogens (primary N) is 1. The highest BCUT2D eigenvalue weighted by atomic mass is 16.2. The molecule has 0 aliphatic heterocycles. The molecule has 0 fully saturated rings. The summed E-state index contributed by atoms with van der Waals surface area (Å²) < 4.78 is 1.36. The summed E-state index contributed by atoms with van der Waals surface area (Å²) in [6.45, 7) is 0.732. The van der Waals surface area contributed by atoms with Crippen LogP contribution in [0.1, 0.15) is 10.4 Å². The third-order valence-electron chi connectivity index (χ3n) is 1.80. The van der Waals surface area contributed by atoms with E-state index in [1.165, 1.54) is 10.6 Å². The molecule has 1 aromatic heterocycles. The van der Waals surface area contributed by atoms with Crippen LogP contribution in [0.2, 0.25) is 0 Å². The number of aromatic nitrogens is 1. The van der Waals surface area contributed by atoms with Gasteiger partial charge in [0.05, 0.1) is 0 Å². The standard InChI is InChI=1S/C9H13N3O2/c1-12-6-2-3-7(9(12)14)8(13)11-5-4-10/h2-3,6H,4-5,10H2,1H3,(H,11,13). The molecule has 14 heavy (non-hydrogen) atoms. The minimum atomic E-state index is -0.378. The van der Waals surface area contributed by atoms with E-state index in [-0.39, 0.29) is 17.0 Å². The Balaban J connectivity index is 2.91. The summed E-state index contributed by atoms with van der Waals surface area (Å²) in [5, 5.41) is 2.54. The fourth-order valence-corrected chi connectivity index (χ4v) is 1.05. The summed E-state index contributed by atoms with van der Waals surface area (Å²) in [6.07, 6.45) is 1.60. The van der Waals surface area contributed by atoms with Crippen molar-refractivity contribution in [1.29, 1.82) is 0 Å². The molecule has 1 aromatic rings. The van der Waals surface area contributed by atoms with Crippen molar-refractivity contribution in [3.05, 3.63) is 34.2 Å². The maximum atomic E-state index is 11.4. The first-order valence-corrected chi connectivity index (χ1v) is 4.30. The van der Waals surface area contributed by atoms with E-state index in [0.29, 0.717) is 13.1 Å². The summed E-state index contributed by atoms with van der Waals surface area (Å²) in [5.74, 6) is -0.378. The number of hydrogen-bond donors (Lipinski definition) is 2. The molecule has 1 amide bonds. The van der Waals surface area contributed by atoms with Crippen LogP contribution in [0.4, 0.5) is 0 Å². The van der Waals surface area contributed by atoms with E-state index in [0.717, 1.165) is 0 Å². The van der Waals surface area contributed by atoms with Gasteiger partial charge in [-0.05, 0) is 12.1 Å². The van der Waals surface area contributed by atoms with Gasteiger partial charge in [-0.25, -0.2) is 0 Å². The Labute approximate surface area is 81.5 Å². The van der Waals surface area contributed by atoms with Crippen LogP contribution in [0.15, 0.2) is 23.1 Å². The number of pyridine rings is 1. The van der Waals surface area contributed by atoms with E-state index in [9.17, 15) is 9.59 Å². The van der Waals surface area contributed by atoms with E-state index in [2.05, 4.69) is 5.32 Å². The van der Waals surface area contributed by atoms with Gasteiger partial charge in [-0.15, -0.1) is 0 Å². The molecule has 0 spiro atoms. The Bertz CT molecular complexity index is 384. The van der Waals surface area contributed by atoms with Crippen molar-refractivity contribution in [3.8, 4) is 0 Å². The predicted octanol–water partition coefficient (Wildman–Crippen LogP) is -0.926. The lowest BCUT2D eigenvalue weighted by Gasteiger charge is -2.03. The molecule has 1 heterocycles. The van der Waals surface area contributed by atoms with Crippen molar-refractivity contribution in [2.24, 2.45) is 12.8 Å². The lowest BCUT2D eigenvalue weighted by molar-refractivity contribution is 0.0952. The van der Waals surface area contributed by atoms with Crippen LogP contribution in [-0.4, -0.2) is 23.6 Å². The van der Waals surface area contributed by atoms with Gasteiger partial charge in [0.2, 0.25) is 0 Å². The minimum Gasteiger partial charge on any atom is -0.351 e. The van der Waals surface area contributed by atoms with Crippen LogP contribution < -0.4 is 16.6 Å². The predicted molar refractivity (Wildman–Crippen MR) is 53.1 cm³/mol. The maximum absolute atomic E-state index is 11.4. The van der Waals surface area contributed by atoms with E-state index in [1.807, 2.05) is 0 Å². The summed E-state index contributed by atoms with van der Waals surface area (Å²) in [4.78, 5) is 22.8. The van der Waals surface area contributed by atoms with Crippen LogP contribution in [0.25, 0.3) is 0 Å². The van der Waals surface area contributed by atoms with Crippen molar-refractivity contribution in [1.82, 2.24) is 9.88 Å². The molecule has 0 aromatic carbocycles. The third-order valence-corrected chi connectivity index (χ3v) is 1.80. The summed E-state index contributed by atoms with van der Waals surface area (Å²) in [7, 11) is 1.60. The molecule has 0 saturated carbocycles. The molecule has 5 heteroatoms. The Morgan fingerprint density at radius 1 is 1.64 bits per heavy atom. The van der Waals surface area contributed by atoms with Gasteiger partial charge in [0.1, 0.15) is 5.56 Å². The van der Waals surface area contributed by atoms with Gasteiger partial charge in [0, 0.05) is 26.3 Å². The van der Waals surface area contributed by atoms with Crippen molar-refractivity contribution in [2.45, 2.75) is 0 Å². The second kappa shape index (κ2) is 4.57. The van der Waals surface area contributed by atoms with Crippen LogP contribution in [-0.2, 0) is 7.05 Å². The first kappa shape index (κ1) is 10.5. The van der Waals surface area contributed by atoms with Gasteiger partial charge in [0.25, 0.3) is 11.5 Å². The minimum absolute atomic E-state index is 0.142. The number of carbonyl (C=O) groups is 1. The van der Waals surface area contributed by atoms with E-state index in [1.54, 1.807) is 19.3 Å². The number of nitrogens with one attached hydrogen (secondary N) is 1. The number of nitrogens with zero attached hydrogens (tertiary/aromatic N) is 1. The van der Waals surface area contributed by atoms with E-state index < -0.39 is 0 Å². The average Bonchev–Trinajstić information content (AvgIpc) is 2.18. The largest absolute Gasteiger partial charge is 0.351 e. The molecule has 0 saturated heterocycles. The summed E-state index contributed by atoms with van der Waals surface area (Å²) in [5.41, 5.74) is 5.06. The molecule has 0 aliphatic carbocycles. The van der Waals surface area contributed by atoms with Gasteiger partial charge in [0.15, 0.2) is 0 Å². The van der Waals surface area contributed by atoms with Crippen LogP contribution in [0, 0.1) is 0 Å². The van der Waals surface area contributed by atoms with Gasteiger partial charge in [-0.3, -0.25) is 9.59 Å². The zero-order valence-corrected chi connectivity index (χ0v) is 7.99. The summed E-state index contributed by atoms with van der Waals surface area (Å²) in [6, 6.07) is 3.15. The molecule has 5 nitrogen and oxygen atoms in total. The highest BCUT2D eigenvalue weighted by molar-refractivity contribution is 5.93. The topological polar surface area (TPSA) is 77.1 Å². The molecule has 3 N–H and O–H groups in total. The van der Waals surface area contributed by atoms with E-state index in [4.69, 9.17) is 5.73 Å². The normalized spacial score (nSPS) is 9.86. The fraction of sp³-hybridized carbons (Fsp3) is 0.333. The Morgan fingerprint density at radius 3 is 3.00 bits per heavy atom. The Morgan fingerprint density at radius 2 is 2.36 bits per heavy atom. The molecule has 0 bridgehead atoms. The van der Waals surface area contributed by atoms with Crippen LogP contribution >= 0.6 is 0 Å². The number of amides is 1. The molecule has 0 atom stereocenters. The van der Waals surface area contributed by atoms with Gasteiger partial charge in [-0.1, -0.05) is 0 Å². The second-order valence-electron chi connectivity index (χ2n) is 2.88. The van der Waals surface area contributed by atoms with Crippen molar-refractivity contribution in [2.75, 3.05) is 13.1 Å². The number of aryl methyl sites for hydroxylation is 1. The Kier molecular flexibility index (Phi) is 3.41. The monoisotopic (exact) mass is 195 g/mol. The SMILES string of the molecule is Cn1cccc(C(=O)NCCN)c1=O. The molecular weight excluding hydrogens is 182 g/mol. The number of rotatable bonds is 3. The maximum Gasteiger partial charge on any atom is 0.263 e. The smallest absolute Gasteiger partial charge is 0.263 e. The first-order valence-electron chi connectivity index (χ1n) is 4.30. The average molecular weight is 195 g/mol. The lowest BCUT2D eigenvalue weighted by atomic mass is 10.2. The highest BCUT2D eigenvalue weighted by Crippen LogP contribution is 1.90. The fourth-order valence-electron chi connectivity index (χ4n) is 1.05. The van der Waals surface area contributed by atoms with Crippen LogP contribution in [0.3, 0.4) is 0 Å². The van der Waals surface area contributed by atoms with Crippen LogP contribution in [0.5, 0.6) is 0 Å². The molecule has 76 valence electrons. The zero-order valence-electron chi connectivity index (χ0n) is 7.99. The van der Waals surface area contributed by atoms with E-state index >= 15 is 0 Å². The highest BCUT2D eigenvalue weighted by Gasteiger charge is 2.09. The first-order chi connectivity index (χ1) is 6.66. The van der Waals surface area contributed by atoms with Crippen molar-refractivity contribution >= 4 is 5.91 Å². The zero-order chi connectivity index (χ0) is 10.6. The molecule has 1 rings (SSSR count). The van der Waals surface area contributed by atoms with Crippen molar-refractivity contribution in [3.63, 3.8) is 0 Å². The Hall–Kier alpha value is -1.62. The second-order valence-corrected chi connectivity index (χ2v) is 2.88. The van der Waals surface area contributed by atoms with Gasteiger partial charge in [-0.2, -0.15) is 0 Å². The molecule has 0 unspecified atom stereocenters. The molecular formula is C9H13N3O2. The summed E-state index contributed by atoms with van der Waals surface area (Å²) >= 11 is 0. The van der Waals surface area contributed by atoms with Gasteiger partial charge >= 0.3 is 0 Å². The third kappa shape index (κ3) is 2.20. The quantitative estimate of drug-likeness (QED) is 0.654. The number of hydrogen-bond acceptors (Lipinski definition) is 3. The molecule has 0 radical (unpaired) electrons. The van der Waals surface area contributed by atoms with Gasteiger partial charge < -0.3 is 15.6 Å². The van der Waals surface area contributed by atoms with Crippen molar-refractivity contribution < 1.29 is 4.79 Å². The molecule has 0 aliphatic rings.